The van der Waals surface area contributed by atoms with E-state index in [1.165, 1.54) is 28.0 Å². The van der Waals surface area contributed by atoms with E-state index >= 15 is 0 Å². The summed E-state index contributed by atoms with van der Waals surface area (Å²) < 4.78 is 0. The fourth-order valence-electron chi connectivity index (χ4n) is 3.15. The van der Waals surface area contributed by atoms with Crippen LogP contribution >= 0.6 is 11.3 Å². The summed E-state index contributed by atoms with van der Waals surface area (Å²) in [6, 6.07) is 26.4. The molecule has 0 radical (unpaired) electrons. The molecule has 4 rings (SSSR count). The van der Waals surface area contributed by atoms with Crippen molar-refractivity contribution < 1.29 is 4.79 Å². The summed E-state index contributed by atoms with van der Waals surface area (Å²) in [5.74, 6) is -0.140. The van der Waals surface area contributed by atoms with E-state index in [-0.39, 0.29) is 5.91 Å². The van der Waals surface area contributed by atoms with Gasteiger partial charge in [-0.25, -0.2) is 4.98 Å². The van der Waals surface area contributed by atoms with Crippen LogP contribution in [-0.2, 0) is 12.8 Å². The highest BCUT2D eigenvalue weighted by atomic mass is 32.1. The quantitative estimate of drug-likeness (QED) is 0.419. The second-order valence-electron chi connectivity index (χ2n) is 6.90. The minimum atomic E-state index is -0.140. The van der Waals surface area contributed by atoms with Gasteiger partial charge in [0.2, 0.25) is 0 Å². The molecule has 0 atom stereocenters. The Morgan fingerprint density at radius 1 is 0.862 bits per heavy atom. The minimum Gasteiger partial charge on any atom is -0.298 e. The molecule has 0 aliphatic rings. The third-order valence-electron chi connectivity index (χ3n) is 4.85. The molecule has 0 spiro atoms. The number of hydrogen-bond acceptors (Lipinski definition) is 3. The molecule has 0 aliphatic carbocycles. The molecular formula is C25H22N2OS. The highest BCUT2D eigenvalue weighted by molar-refractivity contribution is 7.14. The van der Waals surface area contributed by atoms with Gasteiger partial charge >= 0.3 is 0 Å². The third kappa shape index (κ3) is 4.79. The lowest BCUT2D eigenvalue weighted by Gasteiger charge is -2.05. The fraction of sp³-hybridized carbons (Fsp3) is 0.120. The van der Waals surface area contributed by atoms with E-state index in [9.17, 15) is 4.79 Å². The maximum atomic E-state index is 12.6. The Labute approximate surface area is 175 Å². The van der Waals surface area contributed by atoms with Crippen molar-refractivity contribution in [2.24, 2.45) is 0 Å². The molecule has 1 aromatic heterocycles. The van der Waals surface area contributed by atoms with E-state index in [1.54, 1.807) is 0 Å². The average molecular weight is 399 g/mol. The molecule has 0 unspecified atom stereocenters. The number of hydrogen-bond donors (Lipinski definition) is 1. The summed E-state index contributed by atoms with van der Waals surface area (Å²) in [4.78, 5) is 17.1. The molecule has 3 aromatic carbocycles. The van der Waals surface area contributed by atoms with Crippen molar-refractivity contribution in [3.8, 4) is 11.3 Å². The summed E-state index contributed by atoms with van der Waals surface area (Å²) in [6.07, 6.45) is 1.87. The van der Waals surface area contributed by atoms with Crippen LogP contribution in [0.4, 0.5) is 5.13 Å². The highest BCUT2D eigenvalue weighted by Crippen LogP contribution is 2.25. The van der Waals surface area contributed by atoms with Crippen LogP contribution < -0.4 is 5.32 Å². The molecule has 1 heterocycles. The number of benzene rings is 3. The number of carbonyl (C=O) groups excluding carboxylic acids is 1. The van der Waals surface area contributed by atoms with Gasteiger partial charge in [-0.3, -0.25) is 10.1 Å². The summed E-state index contributed by atoms with van der Waals surface area (Å²) in [6.45, 7) is 2.14. The summed E-state index contributed by atoms with van der Waals surface area (Å²) in [5, 5.41) is 5.49. The molecule has 29 heavy (non-hydrogen) atoms. The molecule has 4 heteroatoms. The van der Waals surface area contributed by atoms with Crippen LogP contribution in [0.1, 0.15) is 34.0 Å². The van der Waals surface area contributed by atoms with Crippen molar-refractivity contribution >= 4 is 22.4 Å². The van der Waals surface area contributed by atoms with E-state index in [1.807, 2.05) is 47.8 Å². The number of thiazole rings is 1. The summed E-state index contributed by atoms with van der Waals surface area (Å²) in [7, 11) is 0. The second-order valence-corrected chi connectivity index (χ2v) is 7.76. The number of nitrogens with zero attached hydrogens (tertiary/aromatic N) is 1. The number of amides is 1. The molecule has 4 aromatic rings. The topological polar surface area (TPSA) is 42.0 Å². The zero-order valence-electron chi connectivity index (χ0n) is 16.3. The van der Waals surface area contributed by atoms with Crippen molar-refractivity contribution in [1.29, 1.82) is 0 Å². The fourth-order valence-corrected chi connectivity index (χ4v) is 3.86. The van der Waals surface area contributed by atoms with Crippen LogP contribution in [0, 0.1) is 0 Å². The van der Waals surface area contributed by atoms with Gasteiger partial charge in [0.1, 0.15) is 0 Å². The first-order valence-corrected chi connectivity index (χ1v) is 10.6. The van der Waals surface area contributed by atoms with Gasteiger partial charge in [0.15, 0.2) is 5.13 Å². The molecule has 0 aliphatic heterocycles. The molecule has 0 saturated heterocycles. The van der Waals surface area contributed by atoms with Gasteiger partial charge < -0.3 is 0 Å². The Bertz CT molecular complexity index is 1080. The maximum Gasteiger partial charge on any atom is 0.257 e. The summed E-state index contributed by atoms with van der Waals surface area (Å²) in [5.41, 5.74) is 6.31. The van der Waals surface area contributed by atoms with Gasteiger partial charge in [-0.2, -0.15) is 0 Å². The Balaban J connectivity index is 1.41. The van der Waals surface area contributed by atoms with E-state index in [0.717, 1.165) is 24.1 Å². The first-order valence-electron chi connectivity index (χ1n) is 9.70. The molecule has 0 saturated carbocycles. The molecule has 144 valence electrons. The number of rotatable bonds is 6. The van der Waals surface area contributed by atoms with Gasteiger partial charge in [0.25, 0.3) is 5.91 Å². The van der Waals surface area contributed by atoms with Crippen molar-refractivity contribution in [3.63, 3.8) is 0 Å². The predicted octanol–water partition coefficient (Wildman–Crippen LogP) is 6.22. The predicted molar refractivity (Wildman–Crippen MR) is 121 cm³/mol. The molecule has 1 N–H and O–H groups in total. The van der Waals surface area contributed by atoms with Crippen molar-refractivity contribution in [1.82, 2.24) is 4.98 Å². The zero-order chi connectivity index (χ0) is 20.1. The van der Waals surface area contributed by atoms with Gasteiger partial charge in [-0.05, 0) is 41.7 Å². The van der Waals surface area contributed by atoms with Gasteiger partial charge in [0, 0.05) is 16.5 Å². The smallest absolute Gasteiger partial charge is 0.257 e. The monoisotopic (exact) mass is 398 g/mol. The zero-order valence-corrected chi connectivity index (χ0v) is 17.1. The van der Waals surface area contributed by atoms with E-state index in [2.05, 4.69) is 53.6 Å². The minimum absolute atomic E-state index is 0.140. The van der Waals surface area contributed by atoms with E-state index < -0.39 is 0 Å². The number of nitrogens with one attached hydrogen (secondary N) is 1. The highest BCUT2D eigenvalue weighted by Gasteiger charge is 2.10. The number of aromatic nitrogens is 1. The van der Waals surface area contributed by atoms with Crippen LogP contribution in [0.3, 0.4) is 0 Å². The van der Waals surface area contributed by atoms with Crippen LogP contribution in [0.25, 0.3) is 11.3 Å². The maximum absolute atomic E-state index is 12.6. The van der Waals surface area contributed by atoms with Crippen molar-refractivity contribution in [2.45, 2.75) is 19.8 Å². The first-order chi connectivity index (χ1) is 14.2. The SMILES string of the molecule is CCc1ccc(-c2csc(NC(=O)c3ccc(Cc4ccccc4)cc3)n2)cc1. The van der Waals surface area contributed by atoms with Crippen LogP contribution in [0.5, 0.6) is 0 Å². The lowest BCUT2D eigenvalue weighted by molar-refractivity contribution is 0.102. The van der Waals surface area contributed by atoms with Crippen LogP contribution in [-0.4, -0.2) is 10.9 Å². The first kappa shape index (κ1) is 19.1. The Morgan fingerprint density at radius 3 is 2.21 bits per heavy atom. The number of carbonyl (C=O) groups is 1. The van der Waals surface area contributed by atoms with Gasteiger partial charge in [0.05, 0.1) is 5.69 Å². The third-order valence-corrected chi connectivity index (χ3v) is 5.61. The molecule has 1 amide bonds. The number of aryl methyl sites for hydroxylation is 1. The largest absolute Gasteiger partial charge is 0.298 e. The van der Waals surface area contributed by atoms with Crippen LogP contribution in [0.2, 0.25) is 0 Å². The van der Waals surface area contributed by atoms with Crippen LogP contribution in [0.15, 0.2) is 84.2 Å². The average Bonchev–Trinajstić information content (AvgIpc) is 3.23. The Hall–Kier alpha value is -3.24. The molecule has 3 nitrogen and oxygen atoms in total. The van der Waals surface area contributed by atoms with Crippen molar-refractivity contribution in [2.75, 3.05) is 5.32 Å². The second kappa shape index (κ2) is 8.84. The standard InChI is InChI=1S/C25H22N2OS/c1-2-18-8-12-21(13-9-18)23-17-29-25(26-23)27-24(28)22-14-10-20(11-15-22)16-19-6-4-3-5-7-19/h3-15,17H,2,16H2,1H3,(H,26,27,28). The van der Waals surface area contributed by atoms with Crippen molar-refractivity contribution in [3.05, 3.63) is 106 Å². The lowest BCUT2D eigenvalue weighted by atomic mass is 10.0. The van der Waals surface area contributed by atoms with E-state index in [4.69, 9.17) is 0 Å². The van der Waals surface area contributed by atoms with E-state index in [0.29, 0.717) is 10.7 Å². The Kier molecular flexibility index (Phi) is 5.82. The van der Waals surface area contributed by atoms with Gasteiger partial charge in [-0.1, -0.05) is 73.7 Å². The molecule has 0 bridgehead atoms. The molecular weight excluding hydrogens is 376 g/mol. The normalized spacial score (nSPS) is 10.7. The lowest BCUT2D eigenvalue weighted by Crippen LogP contribution is -2.11. The number of anilines is 1. The Morgan fingerprint density at radius 2 is 1.52 bits per heavy atom. The van der Waals surface area contributed by atoms with Gasteiger partial charge in [-0.15, -0.1) is 11.3 Å². The molecule has 0 fully saturated rings. The summed E-state index contributed by atoms with van der Waals surface area (Å²) >= 11 is 1.44.